The number of hydrogen-bond acceptors (Lipinski definition) is 4. The highest BCUT2D eigenvalue weighted by Gasteiger charge is 2.15. The molecule has 0 amide bonds. The fraction of sp³-hybridized carbons (Fsp3) is 0.400. The number of ketones is 1. The van der Waals surface area contributed by atoms with E-state index >= 15 is 0 Å². The number of nitrogens with zero attached hydrogens (tertiary/aromatic N) is 1. The summed E-state index contributed by atoms with van der Waals surface area (Å²) in [7, 11) is 0. The third-order valence-corrected chi connectivity index (χ3v) is 1.81. The van der Waals surface area contributed by atoms with Crippen LogP contribution in [0.15, 0.2) is 12.3 Å². The molecule has 0 aliphatic rings. The van der Waals surface area contributed by atoms with Crippen molar-refractivity contribution in [2.24, 2.45) is 0 Å². The van der Waals surface area contributed by atoms with Crippen molar-refractivity contribution in [3.8, 4) is 5.88 Å². The molecule has 15 heavy (non-hydrogen) atoms. The molecule has 4 nitrogen and oxygen atoms in total. The van der Waals surface area contributed by atoms with Gasteiger partial charge >= 0.3 is 0 Å². The molecule has 0 saturated heterocycles. The Morgan fingerprint density at radius 1 is 1.73 bits per heavy atom. The average Bonchev–Trinajstić information content (AvgIpc) is 2.20. The molecule has 1 atom stereocenters. The Bertz CT molecular complexity index is 368. The normalized spacial score (nSPS) is 12.3. The number of pyridine rings is 1. The number of halogens is 1. The van der Waals surface area contributed by atoms with E-state index in [1.54, 1.807) is 6.92 Å². The lowest BCUT2D eigenvalue weighted by atomic mass is 10.2. The van der Waals surface area contributed by atoms with Crippen molar-refractivity contribution in [3.63, 3.8) is 0 Å². The van der Waals surface area contributed by atoms with Gasteiger partial charge in [0.2, 0.25) is 0 Å². The second kappa shape index (κ2) is 4.84. The zero-order chi connectivity index (χ0) is 11.4. The van der Waals surface area contributed by atoms with Gasteiger partial charge in [-0.2, -0.15) is 0 Å². The van der Waals surface area contributed by atoms with Crippen molar-refractivity contribution < 1.29 is 19.0 Å². The Hall–Kier alpha value is -1.49. The predicted octanol–water partition coefficient (Wildman–Crippen LogP) is 1.18. The summed E-state index contributed by atoms with van der Waals surface area (Å²) in [5.41, 5.74) is -0.0647. The Labute approximate surface area is 86.7 Å². The zero-order valence-electron chi connectivity index (χ0n) is 8.53. The number of aliphatic hydroxyl groups excluding tert-OH is 1. The number of carbonyl (C=O) groups excluding carboxylic acids is 1. The number of aromatic nitrogens is 1. The standard InChI is InChI=1S/C10H12FNO3/c1-6(5-13)15-10-9(11)8(7(2)14)3-4-12-10/h3-4,6,13H,5H2,1-2H3/t6-/m1/s1. The summed E-state index contributed by atoms with van der Waals surface area (Å²) in [5, 5.41) is 8.72. The van der Waals surface area contributed by atoms with E-state index in [0.717, 1.165) is 0 Å². The van der Waals surface area contributed by atoms with E-state index in [2.05, 4.69) is 4.98 Å². The van der Waals surface area contributed by atoms with Gasteiger partial charge in [-0.25, -0.2) is 9.37 Å². The lowest BCUT2D eigenvalue weighted by Crippen LogP contribution is -2.18. The van der Waals surface area contributed by atoms with Gasteiger partial charge < -0.3 is 9.84 Å². The molecular formula is C10H12FNO3. The van der Waals surface area contributed by atoms with Crippen LogP contribution in [0.25, 0.3) is 0 Å². The van der Waals surface area contributed by atoms with E-state index in [1.807, 2.05) is 0 Å². The van der Waals surface area contributed by atoms with Crippen LogP contribution in [0.1, 0.15) is 24.2 Å². The smallest absolute Gasteiger partial charge is 0.251 e. The number of rotatable bonds is 4. The van der Waals surface area contributed by atoms with Gasteiger partial charge in [-0.1, -0.05) is 0 Å². The van der Waals surface area contributed by atoms with Gasteiger partial charge in [0.15, 0.2) is 11.6 Å². The minimum atomic E-state index is -0.787. The number of aliphatic hydroxyl groups is 1. The van der Waals surface area contributed by atoms with Crippen molar-refractivity contribution in [1.82, 2.24) is 4.98 Å². The molecule has 82 valence electrons. The quantitative estimate of drug-likeness (QED) is 0.763. The molecular weight excluding hydrogens is 201 g/mol. The zero-order valence-corrected chi connectivity index (χ0v) is 8.53. The number of ether oxygens (including phenoxy) is 1. The molecule has 0 unspecified atom stereocenters. The number of Topliss-reactive ketones (excluding diaryl/α,β-unsaturated/α-hetero) is 1. The summed E-state index contributed by atoms with van der Waals surface area (Å²) in [6.07, 6.45) is 0.730. The van der Waals surface area contributed by atoms with E-state index in [0.29, 0.717) is 0 Å². The van der Waals surface area contributed by atoms with Gasteiger partial charge in [0.25, 0.3) is 5.88 Å². The highest BCUT2D eigenvalue weighted by molar-refractivity contribution is 5.94. The number of hydrogen-bond donors (Lipinski definition) is 1. The first-order valence-corrected chi connectivity index (χ1v) is 4.49. The SMILES string of the molecule is CC(=O)c1ccnc(O[C@H](C)CO)c1F. The van der Waals surface area contributed by atoms with E-state index in [4.69, 9.17) is 9.84 Å². The van der Waals surface area contributed by atoms with Gasteiger partial charge in [0, 0.05) is 6.20 Å². The third-order valence-electron chi connectivity index (χ3n) is 1.81. The summed E-state index contributed by atoms with van der Waals surface area (Å²) >= 11 is 0. The van der Waals surface area contributed by atoms with E-state index < -0.39 is 17.7 Å². The monoisotopic (exact) mass is 213 g/mol. The van der Waals surface area contributed by atoms with Crippen LogP contribution in [0, 0.1) is 5.82 Å². The van der Waals surface area contributed by atoms with E-state index in [9.17, 15) is 9.18 Å². The first kappa shape index (κ1) is 11.6. The van der Waals surface area contributed by atoms with E-state index in [1.165, 1.54) is 19.2 Å². The fourth-order valence-corrected chi connectivity index (χ4v) is 1.01. The molecule has 0 radical (unpaired) electrons. The lowest BCUT2D eigenvalue weighted by molar-refractivity contribution is 0.100. The summed E-state index contributed by atoms with van der Waals surface area (Å²) < 4.78 is 18.5. The van der Waals surface area contributed by atoms with Crippen LogP contribution in [0.5, 0.6) is 5.88 Å². The van der Waals surface area contributed by atoms with Crippen LogP contribution in [0.3, 0.4) is 0 Å². The average molecular weight is 213 g/mol. The first-order valence-electron chi connectivity index (χ1n) is 4.49. The maximum atomic E-state index is 13.5. The fourth-order valence-electron chi connectivity index (χ4n) is 1.01. The molecule has 0 saturated carbocycles. The van der Waals surface area contributed by atoms with Crippen molar-refractivity contribution in [2.45, 2.75) is 20.0 Å². The van der Waals surface area contributed by atoms with Crippen LogP contribution in [0.2, 0.25) is 0 Å². The molecule has 0 aromatic carbocycles. The van der Waals surface area contributed by atoms with Gasteiger partial charge in [0.05, 0.1) is 12.2 Å². The van der Waals surface area contributed by atoms with Gasteiger partial charge in [-0.15, -0.1) is 0 Å². The summed E-state index contributed by atoms with van der Waals surface area (Å²) in [5.74, 6) is -1.44. The molecule has 1 heterocycles. The van der Waals surface area contributed by atoms with Gasteiger partial charge in [-0.05, 0) is 19.9 Å². The van der Waals surface area contributed by atoms with Gasteiger partial charge in [0.1, 0.15) is 6.10 Å². The molecule has 0 bridgehead atoms. The minimum Gasteiger partial charge on any atom is -0.470 e. The Morgan fingerprint density at radius 3 is 2.93 bits per heavy atom. The maximum absolute atomic E-state index is 13.5. The van der Waals surface area contributed by atoms with Crippen molar-refractivity contribution in [1.29, 1.82) is 0 Å². The molecule has 1 rings (SSSR count). The molecule has 0 aliphatic heterocycles. The molecule has 1 aromatic heterocycles. The first-order chi connectivity index (χ1) is 7.06. The van der Waals surface area contributed by atoms with Crippen molar-refractivity contribution in [2.75, 3.05) is 6.61 Å². The van der Waals surface area contributed by atoms with Gasteiger partial charge in [-0.3, -0.25) is 4.79 Å². The molecule has 0 fully saturated rings. The van der Waals surface area contributed by atoms with E-state index in [-0.39, 0.29) is 18.1 Å². The summed E-state index contributed by atoms with van der Waals surface area (Å²) in [6, 6.07) is 1.29. The molecule has 0 spiro atoms. The molecule has 1 N–H and O–H groups in total. The highest BCUT2D eigenvalue weighted by atomic mass is 19.1. The van der Waals surface area contributed by atoms with Crippen molar-refractivity contribution >= 4 is 5.78 Å². The second-order valence-electron chi connectivity index (χ2n) is 3.14. The van der Waals surface area contributed by atoms with Crippen LogP contribution >= 0.6 is 0 Å². The largest absolute Gasteiger partial charge is 0.470 e. The molecule has 5 heteroatoms. The highest BCUT2D eigenvalue weighted by Crippen LogP contribution is 2.18. The molecule has 0 aliphatic carbocycles. The van der Waals surface area contributed by atoms with Crippen LogP contribution in [0.4, 0.5) is 4.39 Å². The molecule has 1 aromatic rings. The van der Waals surface area contributed by atoms with Crippen molar-refractivity contribution in [3.05, 3.63) is 23.6 Å². The minimum absolute atomic E-state index is 0.0647. The Kier molecular flexibility index (Phi) is 3.74. The summed E-state index contributed by atoms with van der Waals surface area (Å²) in [6.45, 7) is 2.59. The number of carbonyl (C=O) groups is 1. The third kappa shape index (κ3) is 2.73. The Morgan fingerprint density at radius 2 is 2.40 bits per heavy atom. The Balaban J connectivity index is 2.99. The second-order valence-corrected chi connectivity index (χ2v) is 3.14. The van der Waals surface area contributed by atoms with Crippen LogP contribution in [-0.4, -0.2) is 28.6 Å². The topological polar surface area (TPSA) is 59.4 Å². The maximum Gasteiger partial charge on any atom is 0.251 e. The predicted molar refractivity (Wildman–Crippen MR) is 51.4 cm³/mol. The van der Waals surface area contributed by atoms with Crippen LogP contribution < -0.4 is 4.74 Å². The summed E-state index contributed by atoms with van der Waals surface area (Å²) in [4.78, 5) is 14.6. The lowest BCUT2D eigenvalue weighted by Gasteiger charge is -2.12. The van der Waals surface area contributed by atoms with Crippen LogP contribution in [-0.2, 0) is 0 Å².